The van der Waals surface area contributed by atoms with Crippen LogP contribution >= 0.6 is 15.9 Å². The molecule has 1 aromatic carbocycles. The van der Waals surface area contributed by atoms with Gasteiger partial charge in [0.05, 0.1) is 11.2 Å². The molecule has 2 aromatic rings. The normalized spacial score (nSPS) is 15.5. The molecule has 0 bridgehead atoms. The first kappa shape index (κ1) is 10.0. The van der Waals surface area contributed by atoms with Gasteiger partial charge in [-0.25, -0.2) is 4.39 Å². The first-order valence-electron chi connectivity index (χ1n) is 5.20. The fourth-order valence-corrected chi connectivity index (χ4v) is 2.76. The van der Waals surface area contributed by atoms with Gasteiger partial charge >= 0.3 is 0 Å². The lowest BCUT2D eigenvalue weighted by Gasteiger charge is -2.09. The molecule has 0 saturated carbocycles. The zero-order chi connectivity index (χ0) is 11.3. The van der Waals surface area contributed by atoms with Crippen molar-refractivity contribution < 1.29 is 9.18 Å². The van der Waals surface area contributed by atoms with Gasteiger partial charge in [0.2, 0.25) is 0 Å². The van der Waals surface area contributed by atoms with E-state index >= 15 is 0 Å². The molecule has 0 aliphatic heterocycles. The Balaban J connectivity index is 2.45. The number of aromatic amines is 1. The van der Waals surface area contributed by atoms with Crippen LogP contribution in [0.2, 0.25) is 0 Å². The number of carbonyl (C=O) groups excluding carboxylic acids is 1. The van der Waals surface area contributed by atoms with Crippen LogP contribution in [0.3, 0.4) is 0 Å². The average Bonchev–Trinajstić information content (AvgIpc) is 2.66. The second-order valence-electron chi connectivity index (χ2n) is 4.03. The van der Waals surface area contributed by atoms with Crippen LogP contribution in [-0.4, -0.2) is 10.8 Å². The molecule has 1 N–H and O–H groups in total. The molecule has 0 amide bonds. The van der Waals surface area contributed by atoms with E-state index in [-0.39, 0.29) is 11.6 Å². The predicted octanol–water partition coefficient (Wildman–Crippen LogP) is 3.59. The van der Waals surface area contributed by atoms with Gasteiger partial charge in [-0.1, -0.05) is 0 Å². The number of benzene rings is 1. The lowest BCUT2D eigenvalue weighted by molar-refractivity contribution is 0.0968. The van der Waals surface area contributed by atoms with E-state index in [9.17, 15) is 9.18 Å². The van der Waals surface area contributed by atoms with Crippen molar-refractivity contribution in [3.8, 4) is 0 Å². The van der Waals surface area contributed by atoms with E-state index in [1.165, 1.54) is 6.07 Å². The summed E-state index contributed by atoms with van der Waals surface area (Å²) in [6.07, 6.45) is 2.14. The number of H-pyrrole nitrogens is 1. The van der Waals surface area contributed by atoms with Crippen molar-refractivity contribution in [2.75, 3.05) is 0 Å². The lowest BCUT2D eigenvalue weighted by atomic mass is 9.94. The van der Waals surface area contributed by atoms with Crippen LogP contribution in [0.15, 0.2) is 16.6 Å². The van der Waals surface area contributed by atoms with Crippen LogP contribution in [0, 0.1) is 5.82 Å². The highest BCUT2D eigenvalue weighted by molar-refractivity contribution is 9.10. The Labute approximate surface area is 100.0 Å². The second-order valence-corrected chi connectivity index (χ2v) is 4.89. The molecule has 16 heavy (non-hydrogen) atoms. The summed E-state index contributed by atoms with van der Waals surface area (Å²) < 4.78 is 14.6. The number of aromatic nitrogens is 1. The summed E-state index contributed by atoms with van der Waals surface area (Å²) >= 11 is 3.37. The number of carbonyl (C=O) groups is 1. The SMILES string of the molecule is O=C1CCCc2c1[nH]c1c(Br)ccc(F)c21. The van der Waals surface area contributed by atoms with E-state index in [4.69, 9.17) is 0 Å². The number of rotatable bonds is 0. The van der Waals surface area contributed by atoms with E-state index in [1.807, 2.05) is 0 Å². The van der Waals surface area contributed by atoms with Gasteiger partial charge in [0, 0.05) is 16.3 Å². The van der Waals surface area contributed by atoms with Gasteiger partial charge in [0.1, 0.15) is 5.82 Å². The fraction of sp³-hybridized carbons (Fsp3) is 0.250. The first-order chi connectivity index (χ1) is 7.68. The highest BCUT2D eigenvalue weighted by Crippen LogP contribution is 2.34. The van der Waals surface area contributed by atoms with Crippen molar-refractivity contribution >= 4 is 32.6 Å². The number of nitrogens with one attached hydrogen (secondary N) is 1. The lowest BCUT2D eigenvalue weighted by Crippen LogP contribution is -2.09. The molecule has 2 nitrogen and oxygen atoms in total. The summed E-state index contributed by atoms with van der Waals surface area (Å²) in [5.41, 5.74) is 2.12. The van der Waals surface area contributed by atoms with Crippen molar-refractivity contribution in [2.45, 2.75) is 19.3 Å². The highest BCUT2D eigenvalue weighted by Gasteiger charge is 2.24. The maximum Gasteiger partial charge on any atom is 0.179 e. The maximum atomic E-state index is 13.8. The summed E-state index contributed by atoms with van der Waals surface area (Å²) in [6, 6.07) is 3.09. The fourth-order valence-electron chi connectivity index (χ4n) is 2.33. The van der Waals surface area contributed by atoms with Crippen molar-refractivity contribution in [3.05, 3.63) is 33.7 Å². The van der Waals surface area contributed by atoms with Crippen LogP contribution in [0.5, 0.6) is 0 Å². The van der Waals surface area contributed by atoms with Gasteiger partial charge < -0.3 is 4.98 Å². The molecular formula is C12H9BrFNO. The second kappa shape index (κ2) is 3.42. The summed E-state index contributed by atoms with van der Waals surface area (Å²) in [4.78, 5) is 14.7. The van der Waals surface area contributed by atoms with Gasteiger partial charge in [-0.2, -0.15) is 0 Å². The predicted molar refractivity (Wildman–Crippen MR) is 63.2 cm³/mol. The molecule has 0 atom stereocenters. The highest BCUT2D eigenvalue weighted by atomic mass is 79.9. The third-order valence-electron chi connectivity index (χ3n) is 3.07. The van der Waals surface area contributed by atoms with E-state index in [2.05, 4.69) is 20.9 Å². The van der Waals surface area contributed by atoms with Gasteiger partial charge in [-0.05, 0) is 46.5 Å². The van der Waals surface area contributed by atoms with Crippen molar-refractivity contribution in [1.82, 2.24) is 4.98 Å². The monoisotopic (exact) mass is 281 g/mol. The minimum Gasteiger partial charge on any atom is -0.351 e. The number of hydrogen-bond donors (Lipinski definition) is 1. The molecule has 0 radical (unpaired) electrons. The summed E-state index contributed by atoms with van der Waals surface area (Å²) in [5.74, 6) is -0.172. The Morgan fingerprint density at radius 3 is 2.94 bits per heavy atom. The smallest absolute Gasteiger partial charge is 0.179 e. The van der Waals surface area contributed by atoms with Gasteiger partial charge in [-0.3, -0.25) is 4.79 Å². The molecule has 0 fully saturated rings. The third-order valence-corrected chi connectivity index (χ3v) is 3.73. The largest absolute Gasteiger partial charge is 0.351 e. The summed E-state index contributed by atoms with van der Waals surface area (Å²) in [7, 11) is 0. The molecule has 3 rings (SSSR count). The number of hydrogen-bond acceptors (Lipinski definition) is 1. The van der Waals surface area contributed by atoms with Crippen LogP contribution in [-0.2, 0) is 6.42 Å². The first-order valence-corrected chi connectivity index (χ1v) is 5.99. The Hall–Kier alpha value is -1.16. The van der Waals surface area contributed by atoms with Crippen LogP contribution < -0.4 is 0 Å². The van der Waals surface area contributed by atoms with Gasteiger partial charge in [0.25, 0.3) is 0 Å². The molecule has 1 heterocycles. The Kier molecular flexibility index (Phi) is 2.14. The number of fused-ring (bicyclic) bond motifs is 3. The van der Waals surface area contributed by atoms with Crippen LogP contribution in [0.25, 0.3) is 10.9 Å². The molecule has 82 valence electrons. The van der Waals surface area contributed by atoms with E-state index in [0.717, 1.165) is 22.9 Å². The zero-order valence-electron chi connectivity index (χ0n) is 8.44. The molecule has 0 spiro atoms. The molecule has 1 aromatic heterocycles. The topological polar surface area (TPSA) is 32.9 Å². The van der Waals surface area contributed by atoms with Gasteiger partial charge in [0.15, 0.2) is 5.78 Å². The minimum atomic E-state index is -0.259. The standard InChI is InChI=1S/C12H9BrFNO/c13-7-4-5-8(14)10-6-2-1-3-9(16)11(6)15-12(7)10/h4-5,15H,1-3H2. The summed E-state index contributed by atoms with van der Waals surface area (Å²) in [6.45, 7) is 0. The molecule has 0 unspecified atom stereocenters. The molecular weight excluding hydrogens is 273 g/mol. The molecule has 1 aliphatic carbocycles. The molecule has 0 saturated heterocycles. The zero-order valence-corrected chi connectivity index (χ0v) is 10.0. The molecule has 1 aliphatic rings. The van der Waals surface area contributed by atoms with Gasteiger partial charge in [-0.15, -0.1) is 0 Å². The maximum absolute atomic E-state index is 13.8. The number of ketones is 1. The Morgan fingerprint density at radius 2 is 2.12 bits per heavy atom. The van der Waals surface area contributed by atoms with E-state index in [0.29, 0.717) is 23.0 Å². The quantitative estimate of drug-likeness (QED) is 0.787. The number of Topliss-reactive ketones (excluding diaryl/α,β-unsaturated/α-hetero) is 1. The number of aryl methyl sites for hydroxylation is 1. The Morgan fingerprint density at radius 1 is 1.31 bits per heavy atom. The van der Waals surface area contributed by atoms with E-state index in [1.54, 1.807) is 6.07 Å². The van der Waals surface area contributed by atoms with Crippen molar-refractivity contribution in [2.24, 2.45) is 0 Å². The van der Waals surface area contributed by atoms with Crippen LogP contribution in [0.4, 0.5) is 4.39 Å². The van der Waals surface area contributed by atoms with Crippen LogP contribution in [0.1, 0.15) is 28.9 Å². The van der Waals surface area contributed by atoms with Crippen molar-refractivity contribution in [3.63, 3.8) is 0 Å². The average molecular weight is 282 g/mol. The molecule has 4 heteroatoms. The minimum absolute atomic E-state index is 0.0868. The van der Waals surface area contributed by atoms with Crippen molar-refractivity contribution in [1.29, 1.82) is 0 Å². The summed E-state index contributed by atoms with van der Waals surface area (Å²) in [5, 5.41) is 0.567. The van der Waals surface area contributed by atoms with E-state index < -0.39 is 0 Å². The Bertz CT molecular complexity index is 603. The third kappa shape index (κ3) is 1.26. The number of halogens is 2.